The number of nitrogens with one attached hydrogen (secondary N) is 2. The molecule has 10 nitrogen and oxygen atoms in total. The quantitative estimate of drug-likeness (QED) is 0.338. The molecule has 1 amide bonds. The molecule has 0 aromatic carbocycles. The molecule has 3 fully saturated rings. The molecular formula is C31H41FN4O6. The first kappa shape index (κ1) is 30.3. The molecule has 228 valence electrons. The average Bonchev–Trinajstić information content (AvgIpc) is 3.53. The summed E-state index contributed by atoms with van der Waals surface area (Å²) in [5.41, 5.74) is 1.75. The van der Waals surface area contributed by atoms with Crippen LogP contribution in [-0.4, -0.2) is 68.5 Å². The van der Waals surface area contributed by atoms with E-state index in [0.717, 1.165) is 5.57 Å². The molecule has 0 spiro atoms. The first-order valence-electron chi connectivity index (χ1n) is 14.8. The number of alkyl halides is 1. The van der Waals surface area contributed by atoms with E-state index in [4.69, 9.17) is 10.5 Å². The molecule has 0 aliphatic heterocycles. The fourth-order valence-electron chi connectivity index (χ4n) is 8.49. The maximum Gasteiger partial charge on any atom is 0.329 e. The van der Waals surface area contributed by atoms with Crippen molar-refractivity contribution in [2.75, 3.05) is 6.61 Å². The Bertz CT molecular complexity index is 1340. The minimum absolute atomic E-state index is 0.0431. The standard InChI is InChI=1S/C31H41FN4O6/c1-17-11-23-22-6-5-19-12-21(37)7-8-28(19,3)30(22,32)10-9-29(23,4)31(17,41)25(38)15-42-27(40)24(36-26(39)18(2)33)13-20-14-34-16-35-20/h7-8,12,14,16-18,22-24,41H,5-6,9-11,13,15,33H2,1-4H3,(H,34,35)(H,36,39)/t17-,18-,22-,23-,24-,28-,29-,30+,31-/m0/s1. The number of aliphatic hydroxyl groups is 1. The largest absolute Gasteiger partial charge is 0.456 e. The number of ketones is 2. The third-order valence-corrected chi connectivity index (χ3v) is 11.0. The van der Waals surface area contributed by atoms with Gasteiger partial charge < -0.3 is 25.9 Å². The number of ether oxygens (including phenoxy) is 1. The molecule has 1 aromatic rings. The van der Waals surface area contributed by atoms with Crippen LogP contribution >= 0.6 is 0 Å². The zero-order valence-electron chi connectivity index (χ0n) is 24.6. The van der Waals surface area contributed by atoms with Gasteiger partial charge in [-0.2, -0.15) is 0 Å². The summed E-state index contributed by atoms with van der Waals surface area (Å²) < 4.78 is 22.6. The Kier molecular flexibility index (Phi) is 7.58. The number of H-pyrrole nitrogens is 1. The molecule has 3 saturated carbocycles. The number of halogens is 1. The lowest BCUT2D eigenvalue weighted by Crippen LogP contribution is -2.64. The van der Waals surface area contributed by atoms with Crippen molar-refractivity contribution in [2.24, 2.45) is 34.3 Å². The van der Waals surface area contributed by atoms with E-state index in [-0.39, 0.29) is 31.0 Å². The lowest BCUT2D eigenvalue weighted by molar-refractivity contribution is -0.185. The van der Waals surface area contributed by atoms with Crippen molar-refractivity contribution in [3.63, 3.8) is 0 Å². The van der Waals surface area contributed by atoms with Crippen molar-refractivity contribution < 1.29 is 33.4 Å². The maximum atomic E-state index is 17.2. The van der Waals surface area contributed by atoms with Gasteiger partial charge in [0.2, 0.25) is 11.7 Å². The summed E-state index contributed by atoms with van der Waals surface area (Å²) in [6.45, 7) is 6.31. The third kappa shape index (κ3) is 4.47. The summed E-state index contributed by atoms with van der Waals surface area (Å²) in [5, 5.41) is 14.7. The van der Waals surface area contributed by atoms with Gasteiger partial charge in [-0.15, -0.1) is 0 Å². The minimum atomic E-state index is -1.83. The fourth-order valence-corrected chi connectivity index (χ4v) is 8.49. The Labute approximate surface area is 244 Å². The monoisotopic (exact) mass is 584 g/mol. The zero-order valence-corrected chi connectivity index (χ0v) is 24.6. The predicted octanol–water partition coefficient (Wildman–Crippen LogP) is 2.27. The summed E-state index contributed by atoms with van der Waals surface area (Å²) in [6.07, 6.45) is 9.67. The predicted molar refractivity (Wildman–Crippen MR) is 150 cm³/mol. The summed E-state index contributed by atoms with van der Waals surface area (Å²) in [4.78, 5) is 58.0. The highest BCUT2D eigenvalue weighted by Gasteiger charge is 2.72. The SMILES string of the molecule is C[C@H](N)C(=O)N[C@@H](Cc1cnc[nH]1)C(=O)OCC(=O)[C@@]1(O)[C@@H](C)C[C@H]2[C@@H]3CCC4=CC(=O)C=C[C@]4(C)[C@@]3(F)CC[C@@]21C. The van der Waals surface area contributed by atoms with Crippen molar-refractivity contribution in [1.29, 1.82) is 0 Å². The number of carbonyl (C=O) groups is 4. The molecule has 0 bridgehead atoms. The number of esters is 1. The first-order valence-corrected chi connectivity index (χ1v) is 14.8. The highest BCUT2D eigenvalue weighted by Crippen LogP contribution is 2.70. The zero-order chi connectivity index (χ0) is 30.7. The van der Waals surface area contributed by atoms with Crippen LogP contribution in [0.4, 0.5) is 4.39 Å². The molecule has 9 atom stereocenters. The maximum absolute atomic E-state index is 17.2. The van der Waals surface area contributed by atoms with Gasteiger partial charge in [-0.3, -0.25) is 14.4 Å². The molecule has 5 N–H and O–H groups in total. The Morgan fingerprint density at radius 2 is 2.02 bits per heavy atom. The number of carbonyl (C=O) groups excluding carboxylic acids is 4. The van der Waals surface area contributed by atoms with E-state index in [0.29, 0.717) is 25.0 Å². The third-order valence-electron chi connectivity index (χ3n) is 11.0. The minimum Gasteiger partial charge on any atom is -0.456 e. The van der Waals surface area contributed by atoms with Gasteiger partial charge in [0.05, 0.1) is 12.4 Å². The second-order valence-corrected chi connectivity index (χ2v) is 13.2. The lowest BCUT2D eigenvalue weighted by Gasteiger charge is -2.61. The second-order valence-electron chi connectivity index (χ2n) is 13.2. The van der Waals surface area contributed by atoms with Gasteiger partial charge >= 0.3 is 5.97 Å². The van der Waals surface area contributed by atoms with Crippen LogP contribution in [0.3, 0.4) is 0 Å². The second kappa shape index (κ2) is 10.5. The molecule has 11 heteroatoms. The van der Waals surface area contributed by atoms with Crippen molar-refractivity contribution in [1.82, 2.24) is 15.3 Å². The van der Waals surface area contributed by atoms with Crippen molar-refractivity contribution >= 4 is 23.4 Å². The molecule has 1 heterocycles. The number of allylic oxidation sites excluding steroid dienone is 4. The van der Waals surface area contributed by atoms with Crippen molar-refractivity contribution in [3.8, 4) is 0 Å². The van der Waals surface area contributed by atoms with Crippen LogP contribution in [-0.2, 0) is 30.3 Å². The summed E-state index contributed by atoms with van der Waals surface area (Å²) in [5.74, 6) is -3.34. The molecule has 0 unspecified atom stereocenters. The molecule has 1 aromatic heterocycles. The number of aromatic amines is 1. The Morgan fingerprint density at radius 1 is 1.29 bits per heavy atom. The van der Waals surface area contributed by atoms with E-state index >= 15 is 4.39 Å². The smallest absolute Gasteiger partial charge is 0.329 e. The molecule has 5 rings (SSSR count). The van der Waals surface area contributed by atoms with E-state index < -0.39 is 70.3 Å². The molecule has 0 saturated heterocycles. The van der Waals surface area contributed by atoms with E-state index in [1.165, 1.54) is 25.5 Å². The number of hydrogen-bond donors (Lipinski definition) is 4. The molecule has 4 aliphatic rings. The van der Waals surface area contributed by atoms with Gasteiger partial charge in [-0.05, 0) is 75.9 Å². The highest BCUT2D eigenvalue weighted by molar-refractivity contribution is 6.01. The molecule has 42 heavy (non-hydrogen) atoms. The number of amides is 1. The number of nitrogens with zero attached hydrogens (tertiary/aromatic N) is 1. The van der Waals surface area contributed by atoms with Gasteiger partial charge in [0.25, 0.3) is 0 Å². The molecular weight excluding hydrogens is 543 g/mol. The summed E-state index contributed by atoms with van der Waals surface area (Å²) in [6, 6.07) is -1.99. The van der Waals surface area contributed by atoms with Gasteiger partial charge in [0.15, 0.2) is 12.4 Å². The van der Waals surface area contributed by atoms with Gasteiger partial charge in [0.1, 0.15) is 17.3 Å². The summed E-state index contributed by atoms with van der Waals surface area (Å²) >= 11 is 0. The van der Waals surface area contributed by atoms with E-state index in [1.807, 2.05) is 13.8 Å². The number of hydrogen-bond acceptors (Lipinski definition) is 8. The van der Waals surface area contributed by atoms with E-state index in [9.17, 15) is 24.3 Å². The van der Waals surface area contributed by atoms with Gasteiger partial charge in [-0.25, -0.2) is 14.2 Å². The number of Topliss-reactive ketones (excluding diaryl/α,β-unsaturated/α-hetero) is 1. The highest BCUT2D eigenvalue weighted by atomic mass is 19.1. The fraction of sp³-hybridized carbons (Fsp3) is 0.645. The summed E-state index contributed by atoms with van der Waals surface area (Å²) in [7, 11) is 0. The van der Waals surface area contributed by atoms with E-state index in [2.05, 4.69) is 15.3 Å². The average molecular weight is 585 g/mol. The Morgan fingerprint density at radius 3 is 2.69 bits per heavy atom. The number of imidazole rings is 1. The number of fused-ring (bicyclic) bond motifs is 5. The Hall–Kier alpha value is -3.18. The van der Waals surface area contributed by atoms with Gasteiger partial charge in [-0.1, -0.05) is 25.5 Å². The van der Waals surface area contributed by atoms with Crippen LogP contribution in [0.2, 0.25) is 0 Å². The van der Waals surface area contributed by atoms with Gasteiger partial charge in [0, 0.05) is 29.1 Å². The van der Waals surface area contributed by atoms with Crippen molar-refractivity contribution in [2.45, 2.75) is 89.6 Å². The molecule has 4 aliphatic carbocycles. The van der Waals surface area contributed by atoms with Crippen LogP contribution in [0, 0.1) is 28.6 Å². The number of aromatic nitrogens is 2. The normalized spacial score (nSPS) is 38.4. The number of nitrogens with two attached hydrogens (primary N) is 1. The van der Waals surface area contributed by atoms with Crippen LogP contribution in [0.15, 0.2) is 36.3 Å². The van der Waals surface area contributed by atoms with Crippen LogP contribution in [0.5, 0.6) is 0 Å². The van der Waals surface area contributed by atoms with Crippen LogP contribution < -0.4 is 11.1 Å². The van der Waals surface area contributed by atoms with Crippen LogP contribution in [0.1, 0.15) is 65.5 Å². The molecule has 0 radical (unpaired) electrons. The van der Waals surface area contributed by atoms with Crippen LogP contribution in [0.25, 0.3) is 0 Å². The number of rotatable bonds is 8. The Balaban J connectivity index is 1.34. The van der Waals surface area contributed by atoms with E-state index in [1.54, 1.807) is 19.1 Å². The van der Waals surface area contributed by atoms with Crippen molar-refractivity contribution in [3.05, 3.63) is 42.0 Å². The lowest BCUT2D eigenvalue weighted by atomic mass is 9.45. The first-order chi connectivity index (χ1) is 19.7. The topological polar surface area (TPSA) is 164 Å².